The van der Waals surface area contributed by atoms with Crippen molar-refractivity contribution in [2.75, 3.05) is 36.1 Å². The van der Waals surface area contributed by atoms with Crippen LogP contribution in [0.4, 0.5) is 16.2 Å². The van der Waals surface area contributed by atoms with Gasteiger partial charge in [-0.2, -0.15) is 0 Å². The molecule has 2 aliphatic rings. The Morgan fingerprint density at radius 1 is 1.41 bits per heavy atom. The van der Waals surface area contributed by atoms with Crippen LogP contribution in [0.2, 0.25) is 0 Å². The predicted octanol–water partition coefficient (Wildman–Crippen LogP) is 0.885. The van der Waals surface area contributed by atoms with Crippen LogP contribution in [0, 0.1) is 0 Å². The molecule has 0 radical (unpaired) electrons. The maximum absolute atomic E-state index is 12.1. The molecule has 0 spiro atoms. The number of nitrogens with two attached hydrogens (primary N) is 1. The van der Waals surface area contributed by atoms with E-state index < -0.39 is 18.1 Å². The normalized spacial score (nSPS) is 21.1. The first-order valence-corrected chi connectivity index (χ1v) is 8.71. The van der Waals surface area contributed by atoms with Crippen LogP contribution in [0.25, 0.3) is 0 Å². The highest BCUT2D eigenvalue weighted by atomic mass is 16.6. The molecule has 0 saturated carbocycles. The van der Waals surface area contributed by atoms with E-state index in [-0.39, 0.29) is 25.3 Å². The van der Waals surface area contributed by atoms with Gasteiger partial charge in [-0.3, -0.25) is 14.7 Å². The first-order chi connectivity index (χ1) is 12.7. The van der Waals surface area contributed by atoms with Crippen molar-refractivity contribution in [2.24, 2.45) is 10.7 Å². The lowest BCUT2D eigenvalue weighted by Crippen LogP contribution is -2.50. The van der Waals surface area contributed by atoms with Crippen LogP contribution in [0.3, 0.4) is 0 Å². The van der Waals surface area contributed by atoms with Gasteiger partial charge >= 0.3 is 6.09 Å². The minimum Gasteiger partial charge on any atom is -0.483 e. The fourth-order valence-electron chi connectivity index (χ4n) is 3.18. The molecule has 1 saturated heterocycles. The number of cyclic esters (lactones) is 1. The highest BCUT2D eigenvalue weighted by Gasteiger charge is 2.37. The van der Waals surface area contributed by atoms with Crippen molar-refractivity contribution in [1.82, 2.24) is 0 Å². The maximum Gasteiger partial charge on any atom is 0.415 e. The maximum atomic E-state index is 12.1. The Balaban J connectivity index is 1.94. The third kappa shape index (κ3) is 3.68. The van der Waals surface area contributed by atoms with Crippen molar-refractivity contribution < 1.29 is 24.2 Å². The molecule has 9 nitrogen and oxygen atoms in total. The van der Waals surface area contributed by atoms with E-state index in [1.54, 1.807) is 12.1 Å². The van der Waals surface area contributed by atoms with Crippen molar-refractivity contribution >= 4 is 29.2 Å². The number of ether oxygens (including phenoxy) is 2. The number of hydrogen-bond donors (Lipinski definition) is 2. The largest absolute Gasteiger partial charge is 0.483 e. The number of anilines is 2. The number of nitrogens with zero attached hydrogens (tertiary/aromatic N) is 3. The number of aliphatic hydroxyl groups excluding tert-OH is 1. The van der Waals surface area contributed by atoms with Gasteiger partial charge in [0, 0.05) is 11.6 Å². The summed E-state index contributed by atoms with van der Waals surface area (Å²) < 4.78 is 10.8. The van der Waals surface area contributed by atoms with Gasteiger partial charge in [0.15, 0.2) is 6.10 Å². The number of benzene rings is 1. The zero-order chi connectivity index (χ0) is 19.8. The first-order valence-electron chi connectivity index (χ1n) is 8.71. The molecule has 2 aliphatic heterocycles. The quantitative estimate of drug-likeness (QED) is 0.806. The average molecular weight is 376 g/mol. The van der Waals surface area contributed by atoms with Crippen LogP contribution in [-0.2, 0) is 9.53 Å². The molecule has 3 rings (SSSR count). The predicted molar refractivity (Wildman–Crippen MR) is 100 cm³/mol. The van der Waals surface area contributed by atoms with E-state index in [9.17, 15) is 9.59 Å². The summed E-state index contributed by atoms with van der Waals surface area (Å²) >= 11 is 0. The van der Waals surface area contributed by atoms with Crippen LogP contribution in [0.15, 0.2) is 23.2 Å². The van der Waals surface area contributed by atoms with Gasteiger partial charge in [0.1, 0.15) is 18.2 Å². The molecular formula is C18H24N4O5. The number of amides is 2. The Kier molecular flexibility index (Phi) is 4.97. The van der Waals surface area contributed by atoms with Gasteiger partial charge in [-0.15, -0.1) is 0 Å². The molecule has 146 valence electrons. The lowest BCUT2D eigenvalue weighted by molar-refractivity contribution is -0.124. The minimum atomic E-state index is -0.960. The number of carbonyl (C=O) groups excluding carboxylic acids is 2. The van der Waals surface area contributed by atoms with Crippen molar-refractivity contribution in [3.05, 3.63) is 18.2 Å². The van der Waals surface area contributed by atoms with E-state index in [2.05, 4.69) is 30.7 Å². The van der Waals surface area contributed by atoms with E-state index in [1.165, 1.54) is 4.90 Å². The molecule has 1 aromatic rings. The highest BCUT2D eigenvalue weighted by Crippen LogP contribution is 2.40. The summed E-state index contributed by atoms with van der Waals surface area (Å²) in [5, 5.41) is 9.08. The number of carbonyl (C=O) groups is 2. The summed E-state index contributed by atoms with van der Waals surface area (Å²) in [7, 11) is 0. The Hall–Kier alpha value is -2.81. The Morgan fingerprint density at radius 3 is 2.74 bits per heavy atom. The van der Waals surface area contributed by atoms with E-state index in [0.29, 0.717) is 18.0 Å². The van der Waals surface area contributed by atoms with E-state index in [4.69, 9.17) is 20.3 Å². The molecule has 2 amide bonds. The van der Waals surface area contributed by atoms with Crippen molar-refractivity contribution in [3.63, 3.8) is 0 Å². The molecule has 2 heterocycles. The molecule has 1 atom stereocenters. The molecule has 1 aromatic carbocycles. The number of aliphatic imine (C=N–C) groups is 1. The molecule has 27 heavy (non-hydrogen) atoms. The zero-order valence-corrected chi connectivity index (χ0v) is 15.6. The van der Waals surface area contributed by atoms with Gasteiger partial charge in [0.05, 0.1) is 31.1 Å². The third-order valence-electron chi connectivity index (χ3n) is 4.31. The van der Waals surface area contributed by atoms with E-state index in [1.807, 2.05) is 6.07 Å². The van der Waals surface area contributed by atoms with Gasteiger partial charge in [-0.05, 0) is 32.9 Å². The molecule has 0 unspecified atom stereocenters. The van der Waals surface area contributed by atoms with Crippen LogP contribution in [0.5, 0.6) is 5.75 Å². The molecule has 0 bridgehead atoms. The van der Waals surface area contributed by atoms with Crippen LogP contribution < -0.4 is 20.3 Å². The van der Waals surface area contributed by atoms with Crippen LogP contribution in [-0.4, -0.2) is 60.9 Å². The van der Waals surface area contributed by atoms with E-state index >= 15 is 0 Å². The smallest absolute Gasteiger partial charge is 0.415 e. The van der Waals surface area contributed by atoms with Crippen molar-refractivity contribution in [1.29, 1.82) is 0 Å². The fraction of sp³-hybridized carbons (Fsp3) is 0.500. The Labute approximate surface area is 157 Å². The minimum absolute atomic E-state index is 0.0363. The van der Waals surface area contributed by atoms with Gasteiger partial charge in [0.25, 0.3) is 5.91 Å². The first kappa shape index (κ1) is 19.0. The molecule has 3 N–H and O–H groups in total. The second-order valence-electron chi connectivity index (χ2n) is 7.35. The number of fused-ring (bicyclic) bond motifs is 1. The Morgan fingerprint density at radius 2 is 2.15 bits per heavy atom. The average Bonchev–Trinajstić information content (AvgIpc) is 3.00. The Bertz CT molecular complexity index is 786. The summed E-state index contributed by atoms with van der Waals surface area (Å²) in [5.74, 6) is 0.649. The van der Waals surface area contributed by atoms with E-state index in [0.717, 1.165) is 11.5 Å². The van der Waals surface area contributed by atoms with Crippen LogP contribution in [0.1, 0.15) is 20.8 Å². The lowest BCUT2D eigenvalue weighted by Gasteiger charge is -2.42. The second-order valence-corrected chi connectivity index (χ2v) is 7.35. The zero-order valence-electron chi connectivity index (χ0n) is 15.6. The van der Waals surface area contributed by atoms with Crippen molar-refractivity contribution in [2.45, 2.75) is 32.4 Å². The summed E-state index contributed by atoms with van der Waals surface area (Å²) in [6.45, 7) is 6.75. The fourth-order valence-corrected chi connectivity index (χ4v) is 3.18. The number of hydrogen-bond acceptors (Lipinski definition) is 6. The number of aliphatic hydroxyl groups is 1. The standard InChI is InChI=1S/C18H24N4O5/c1-18(2,3)22-12-5-4-11(21-9-14(16(19)24)27-17(21)25)8-13(12)26-10-15(22)20-6-7-23/h4-5,8,14,23H,6-7,9-10H2,1-3H3,(H2,19,24)/t14-/m1/s1. The molecule has 9 heteroatoms. The number of rotatable bonds is 4. The van der Waals surface area contributed by atoms with Gasteiger partial charge in [-0.1, -0.05) is 0 Å². The molecule has 1 fully saturated rings. The summed E-state index contributed by atoms with van der Waals surface area (Å²) in [5.41, 5.74) is 6.34. The van der Waals surface area contributed by atoms with Gasteiger partial charge in [-0.25, -0.2) is 4.79 Å². The molecular weight excluding hydrogens is 352 g/mol. The summed E-state index contributed by atoms with van der Waals surface area (Å²) in [6.07, 6.45) is -1.58. The van der Waals surface area contributed by atoms with Gasteiger partial charge < -0.3 is 25.2 Å². The topological polar surface area (TPSA) is 118 Å². The number of primary amides is 1. The van der Waals surface area contributed by atoms with Crippen LogP contribution >= 0.6 is 0 Å². The number of amidine groups is 1. The summed E-state index contributed by atoms with van der Waals surface area (Å²) in [6, 6.07) is 5.34. The SMILES string of the molecule is CC(C)(C)N1C(=NCCO)COc2cc(N3C[C@H](C(N)=O)OC3=O)ccc21. The highest BCUT2D eigenvalue weighted by molar-refractivity contribution is 6.03. The molecule has 0 aromatic heterocycles. The monoisotopic (exact) mass is 376 g/mol. The summed E-state index contributed by atoms with van der Waals surface area (Å²) in [4.78, 5) is 31.2. The van der Waals surface area contributed by atoms with Gasteiger partial charge in [0.2, 0.25) is 0 Å². The molecule has 0 aliphatic carbocycles. The van der Waals surface area contributed by atoms with Crippen molar-refractivity contribution in [3.8, 4) is 5.75 Å². The third-order valence-corrected chi connectivity index (χ3v) is 4.31. The second kappa shape index (κ2) is 7.07. The lowest BCUT2D eigenvalue weighted by atomic mass is 10.0.